The van der Waals surface area contributed by atoms with Gasteiger partial charge in [0.2, 0.25) is 11.8 Å². The highest BCUT2D eigenvalue weighted by atomic mass is 32.2. The van der Waals surface area contributed by atoms with Crippen LogP contribution in [0, 0.1) is 24.2 Å². The molecule has 2 aliphatic heterocycles. The first-order chi connectivity index (χ1) is 24.3. The lowest BCUT2D eigenvalue weighted by Crippen LogP contribution is -2.47. The van der Waals surface area contributed by atoms with Crippen molar-refractivity contribution in [2.75, 3.05) is 20.6 Å². The number of carbonyl (C=O) groups excluding carboxylic acids is 4. The highest BCUT2D eigenvalue weighted by molar-refractivity contribution is 7.87. The van der Waals surface area contributed by atoms with Crippen molar-refractivity contribution < 1.29 is 37.1 Å². The van der Waals surface area contributed by atoms with Crippen LogP contribution in [0.2, 0.25) is 0 Å². The van der Waals surface area contributed by atoms with E-state index >= 15 is 0 Å². The molecule has 1 aromatic heterocycles. The van der Waals surface area contributed by atoms with Gasteiger partial charge in [-0.15, -0.1) is 0 Å². The number of aromatic nitrogens is 2. The maximum Gasteiger partial charge on any atom is 0.307 e. The number of amides is 2. The first kappa shape index (κ1) is 39.4. The number of hydrogen-bond acceptors (Lipinski definition) is 9. The molecular weight excluding hydrogens is 687 g/mol. The van der Waals surface area contributed by atoms with Gasteiger partial charge in [0, 0.05) is 38.9 Å². The molecule has 0 unspecified atom stereocenters. The van der Waals surface area contributed by atoms with Crippen molar-refractivity contribution in [2.24, 2.45) is 17.3 Å². The van der Waals surface area contributed by atoms with E-state index in [1.54, 1.807) is 20.8 Å². The molecule has 0 spiro atoms. The summed E-state index contributed by atoms with van der Waals surface area (Å²) in [7, 11) is -1.46. The van der Waals surface area contributed by atoms with Gasteiger partial charge >= 0.3 is 16.2 Å². The lowest BCUT2D eigenvalue weighted by molar-refractivity contribution is -0.159. The maximum atomic E-state index is 14.5. The SMILES string of the molecule is Cc1ccc2nc(O[C@@H]3C[C@H]4C(=O)C[C@]5(C(=O)NS(=O)(=O)N(C)C)C[C@H]5/C=C\CCCCC[C@H](CC(=O)OC(C)(C)C)C(=O)N4C3)n(C(C)C)c2c1. The van der Waals surface area contributed by atoms with Crippen molar-refractivity contribution in [2.45, 2.75) is 123 Å². The zero-order chi connectivity index (χ0) is 38.2. The van der Waals surface area contributed by atoms with Crippen LogP contribution in [0.3, 0.4) is 0 Å². The number of imidazole rings is 1. The Bertz CT molecular complexity index is 1830. The second-order valence-electron chi connectivity index (χ2n) is 16.2. The average Bonchev–Trinajstić information content (AvgIpc) is 3.37. The van der Waals surface area contributed by atoms with E-state index in [1.807, 2.05) is 55.7 Å². The molecule has 5 rings (SSSR count). The van der Waals surface area contributed by atoms with Crippen LogP contribution in [0.1, 0.15) is 104 Å². The van der Waals surface area contributed by atoms with E-state index in [-0.39, 0.29) is 49.5 Å². The summed E-state index contributed by atoms with van der Waals surface area (Å²) in [4.78, 5) is 62.1. The molecule has 2 aromatic rings. The van der Waals surface area contributed by atoms with Crippen LogP contribution in [0.5, 0.6) is 6.01 Å². The highest BCUT2D eigenvalue weighted by Gasteiger charge is 2.61. The molecule has 1 aliphatic carbocycles. The van der Waals surface area contributed by atoms with Crippen LogP contribution in [0.15, 0.2) is 30.4 Å². The zero-order valence-electron chi connectivity index (χ0n) is 31.8. The van der Waals surface area contributed by atoms with Gasteiger partial charge in [-0.3, -0.25) is 23.7 Å². The highest BCUT2D eigenvalue weighted by Crippen LogP contribution is 2.57. The minimum Gasteiger partial charge on any atom is -0.460 e. The molecule has 1 saturated heterocycles. The molecule has 5 atom stereocenters. The van der Waals surface area contributed by atoms with E-state index < -0.39 is 51.2 Å². The second-order valence-corrected chi connectivity index (χ2v) is 18.1. The molecule has 3 heterocycles. The van der Waals surface area contributed by atoms with E-state index in [4.69, 9.17) is 14.5 Å². The zero-order valence-corrected chi connectivity index (χ0v) is 32.6. The van der Waals surface area contributed by atoms with Crippen molar-refractivity contribution in [3.05, 3.63) is 35.9 Å². The minimum absolute atomic E-state index is 0.00630. The third-order valence-corrected chi connectivity index (χ3v) is 11.7. The Labute approximate surface area is 307 Å². The summed E-state index contributed by atoms with van der Waals surface area (Å²) < 4.78 is 42.7. The van der Waals surface area contributed by atoms with Crippen molar-refractivity contribution in [1.29, 1.82) is 0 Å². The number of rotatable bonds is 8. The fraction of sp³-hybridized carbons (Fsp3) is 0.658. The summed E-state index contributed by atoms with van der Waals surface area (Å²) >= 11 is 0. The molecule has 0 bridgehead atoms. The summed E-state index contributed by atoms with van der Waals surface area (Å²) in [6.07, 6.45) is 6.92. The smallest absolute Gasteiger partial charge is 0.307 e. The molecule has 52 heavy (non-hydrogen) atoms. The molecule has 1 aromatic carbocycles. The number of ketones is 1. The van der Waals surface area contributed by atoms with Crippen LogP contribution >= 0.6 is 0 Å². The first-order valence-corrected chi connectivity index (χ1v) is 19.9. The number of nitrogens with one attached hydrogen (secondary N) is 1. The summed E-state index contributed by atoms with van der Waals surface area (Å²) in [6, 6.07) is 5.39. The number of carbonyl (C=O) groups is 4. The van der Waals surface area contributed by atoms with Crippen molar-refractivity contribution in [1.82, 2.24) is 23.5 Å². The Balaban J connectivity index is 1.50. The molecule has 2 fully saturated rings. The number of Topliss-reactive ketones (excluding diaryl/α,β-unsaturated/α-hetero) is 1. The van der Waals surface area contributed by atoms with Gasteiger partial charge < -0.3 is 14.4 Å². The summed E-state index contributed by atoms with van der Waals surface area (Å²) in [6.45, 7) is 11.5. The molecule has 1 N–H and O–H groups in total. The lowest BCUT2D eigenvalue weighted by Gasteiger charge is -2.29. The molecule has 14 heteroatoms. The molecule has 2 amide bonds. The standard InChI is InChI=1S/C38H55N5O8S/c1-24(2)43-30-18-25(3)16-17-29(30)39-36(43)50-28-20-31-32(44)22-38(35(47)40-52(48,49)41(7)8)21-27(38)15-13-11-9-10-12-14-26(34(46)42(31)23-28)19-33(45)51-37(4,5)6/h13,15-18,24,26-28,31H,9-12,14,19-23H2,1-8H3,(H,40,47)/b15-13-/t26-,27-,28-,31+,38-/m1/s1. The van der Waals surface area contributed by atoms with E-state index in [0.29, 0.717) is 25.3 Å². The van der Waals surface area contributed by atoms with Gasteiger partial charge in [0.1, 0.15) is 11.7 Å². The number of esters is 1. The van der Waals surface area contributed by atoms with Gasteiger partial charge in [0.05, 0.1) is 35.5 Å². The lowest BCUT2D eigenvalue weighted by atomic mass is 9.90. The molecule has 0 radical (unpaired) electrons. The quantitative estimate of drug-likeness (QED) is 0.290. The summed E-state index contributed by atoms with van der Waals surface area (Å²) in [5.41, 5.74) is 0.748. The van der Waals surface area contributed by atoms with Gasteiger partial charge in [-0.2, -0.15) is 17.7 Å². The van der Waals surface area contributed by atoms with Crippen LogP contribution in [0.25, 0.3) is 11.0 Å². The number of allylic oxidation sites excluding steroid dienone is 2. The number of nitrogens with zero attached hydrogens (tertiary/aromatic N) is 4. The van der Waals surface area contributed by atoms with E-state index in [9.17, 15) is 27.6 Å². The Morgan fingerprint density at radius 1 is 1.13 bits per heavy atom. The van der Waals surface area contributed by atoms with Gasteiger partial charge in [-0.05, 0) is 90.8 Å². The first-order valence-electron chi connectivity index (χ1n) is 18.4. The normalized spacial score (nSPS) is 26.8. The van der Waals surface area contributed by atoms with Gasteiger partial charge in [-0.25, -0.2) is 4.72 Å². The van der Waals surface area contributed by atoms with Crippen molar-refractivity contribution >= 4 is 44.8 Å². The monoisotopic (exact) mass is 741 g/mol. The average molecular weight is 742 g/mol. The minimum atomic E-state index is -4.11. The topological polar surface area (TPSA) is 157 Å². The van der Waals surface area contributed by atoms with Crippen LogP contribution in [-0.4, -0.2) is 89.1 Å². The Morgan fingerprint density at radius 3 is 2.54 bits per heavy atom. The van der Waals surface area contributed by atoms with Crippen molar-refractivity contribution in [3.63, 3.8) is 0 Å². The number of fused-ring (bicyclic) bond motifs is 3. The Hall–Kier alpha value is -3.78. The van der Waals surface area contributed by atoms with Crippen LogP contribution in [0.4, 0.5) is 0 Å². The van der Waals surface area contributed by atoms with E-state index in [2.05, 4.69) is 4.72 Å². The van der Waals surface area contributed by atoms with E-state index in [0.717, 1.165) is 40.2 Å². The third-order valence-electron chi connectivity index (χ3n) is 10.3. The second kappa shape index (κ2) is 15.3. The van der Waals surface area contributed by atoms with Gasteiger partial charge in [0.15, 0.2) is 5.78 Å². The molecular formula is C38H55N5O8S. The van der Waals surface area contributed by atoms with Crippen LogP contribution < -0.4 is 9.46 Å². The summed E-state index contributed by atoms with van der Waals surface area (Å²) in [5, 5.41) is 0. The summed E-state index contributed by atoms with van der Waals surface area (Å²) in [5.74, 6) is -2.96. The predicted octanol–water partition coefficient (Wildman–Crippen LogP) is 5.03. The molecule has 1 saturated carbocycles. The predicted molar refractivity (Wildman–Crippen MR) is 196 cm³/mol. The van der Waals surface area contributed by atoms with Gasteiger partial charge in [-0.1, -0.05) is 31.1 Å². The van der Waals surface area contributed by atoms with E-state index in [1.165, 1.54) is 19.0 Å². The Kier molecular flexibility index (Phi) is 11.6. The fourth-order valence-corrected chi connectivity index (χ4v) is 8.05. The maximum absolute atomic E-state index is 14.5. The van der Waals surface area contributed by atoms with Gasteiger partial charge in [0.25, 0.3) is 6.01 Å². The number of ether oxygens (including phenoxy) is 2. The number of aryl methyl sites for hydroxylation is 1. The molecule has 13 nitrogen and oxygen atoms in total. The van der Waals surface area contributed by atoms with Crippen LogP contribution in [-0.2, 0) is 34.1 Å². The van der Waals surface area contributed by atoms with Crippen molar-refractivity contribution in [3.8, 4) is 6.01 Å². The Morgan fingerprint density at radius 2 is 1.87 bits per heavy atom. The fourth-order valence-electron chi connectivity index (χ4n) is 7.43. The molecule has 286 valence electrons. The number of benzene rings is 1. The largest absolute Gasteiger partial charge is 0.460 e. The molecule has 3 aliphatic rings. The number of hydrogen-bond donors (Lipinski definition) is 1. The third kappa shape index (κ3) is 8.87.